The van der Waals surface area contributed by atoms with Crippen LogP contribution in [-0.4, -0.2) is 38.4 Å². The Kier molecular flexibility index (Phi) is 6.56. The van der Waals surface area contributed by atoms with Crippen LogP contribution in [-0.2, 0) is 0 Å². The lowest BCUT2D eigenvalue weighted by Crippen LogP contribution is -2.18. The number of amides is 1. The third-order valence-electron chi connectivity index (χ3n) is 3.49. The van der Waals surface area contributed by atoms with E-state index in [0.717, 1.165) is 0 Å². The van der Waals surface area contributed by atoms with Crippen molar-refractivity contribution in [3.8, 4) is 17.2 Å². The van der Waals surface area contributed by atoms with E-state index < -0.39 is 10.8 Å². The van der Waals surface area contributed by atoms with E-state index in [4.69, 9.17) is 25.8 Å². The average Bonchev–Trinajstić information content (AvgIpc) is 2.67. The number of hydrazone groups is 1. The first-order valence-corrected chi connectivity index (χ1v) is 7.86. The number of nitrogens with zero attached hydrogens (tertiary/aromatic N) is 2. The van der Waals surface area contributed by atoms with Crippen molar-refractivity contribution < 1.29 is 23.9 Å². The summed E-state index contributed by atoms with van der Waals surface area (Å²) >= 11 is 5.97. The maximum absolute atomic E-state index is 12.3. The summed E-state index contributed by atoms with van der Waals surface area (Å²) in [4.78, 5) is 22.6. The highest BCUT2D eigenvalue weighted by molar-refractivity contribution is 6.33. The van der Waals surface area contributed by atoms with Crippen LogP contribution in [0.2, 0.25) is 5.02 Å². The molecule has 0 saturated heterocycles. The molecule has 0 aliphatic rings. The standard InChI is InChI=1S/C17H16ClN3O6/c1-25-14-7-10(8-15(26-2)16(14)27-3)17(22)20-19-9-11-6-12(21(23)24)4-5-13(11)18/h4-9H,1-3H3,(H,20,22)/b19-9+. The van der Waals surface area contributed by atoms with Gasteiger partial charge in [0.1, 0.15) is 0 Å². The van der Waals surface area contributed by atoms with Crippen LogP contribution in [0.4, 0.5) is 5.69 Å². The van der Waals surface area contributed by atoms with Gasteiger partial charge in [0.2, 0.25) is 5.75 Å². The Morgan fingerprint density at radius 1 is 1.15 bits per heavy atom. The number of carbonyl (C=O) groups excluding carboxylic acids is 1. The lowest BCUT2D eigenvalue weighted by Gasteiger charge is -2.13. The first kappa shape index (κ1) is 20.0. The summed E-state index contributed by atoms with van der Waals surface area (Å²) in [7, 11) is 4.32. The molecule has 0 saturated carbocycles. The van der Waals surface area contributed by atoms with Crippen LogP contribution < -0.4 is 19.6 Å². The molecule has 1 N–H and O–H groups in total. The first-order valence-electron chi connectivity index (χ1n) is 7.48. The summed E-state index contributed by atoms with van der Waals surface area (Å²) < 4.78 is 15.6. The van der Waals surface area contributed by atoms with Gasteiger partial charge in [-0.05, 0) is 18.2 Å². The number of non-ortho nitro benzene ring substituents is 1. The maximum Gasteiger partial charge on any atom is 0.271 e. The highest BCUT2D eigenvalue weighted by Crippen LogP contribution is 2.38. The van der Waals surface area contributed by atoms with Crippen LogP contribution in [0, 0.1) is 10.1 Å². The number of methoxy groups -OCH3 is 3. The molecule has 2 aromatic rings. The number of nitro benzene ring substituents is 1. The molecule has 0 aliphatic carbocycles. The molecule has 27 heavy (non-hydrogen) atoms. The highest BCUT2D eigenvalue weighted by Gasteiger charge is 2.16. The Bertz CT molecular complexity index is 875. The van der Waals surface area contributed by atoms with Gasteiger partial charge < -0.3 is 14.2 Å². The van der Waals surface area contributed by atoms with E-state index in [9.17, 15) is 14.9 Å². The van der Waals surface area contributed by atoms with Gasteiger partial charge in [-0.3, -0.25) is 14.9 Å². The van der Waals surface area contributed by atoms with E-state index >= 15 is 0 Å². The van der Waals surface area contributed by atoms with E-state index in [0.29, 0.717) is 17.2 Å². The zero-order valence-electron chi connectivity index (χ0n) is 14.7. The normalized spacial score (nSPS) is 10.5. The van der Waals surface area contributed by atoms with Crippen molar-refractivity contribution in [1.82, 2.24) is 5.43 Å². The Morgan fingerprint density at radius 3 is 2.30 bits per heavy atom. The van der Waals surface area contributed by atoms with Crippen LogP contribution in [0.25, 0.3) is 0 Å². The third kappa shape index (κ3) is 4.64. The topological polar surface area (TPSA) is 112 Å². The number of halogens is 1. The van der Waals surface area contributed by atoms with Gasteiger partial charge in [0.15, 0.2) is 11.5 Å². The molecule has 0 bridgehead atoms. The maximum atomic E-state index is 12.3. The highest BCUT2D eigenvalue weighted by atomic mass is 35.5. The van der Waals surface area contributed by atoms with Crippen LogP contribution in [0.5, 0.6) is 17.2 Å². The summed E-state index contributed by atoms with van der Waals surface area (Å²) in [5.41, 5.74) is 2.67. The molecule has 0 unspecified atom stereocenters. The minimum atomic E-state index is -0.553. The summed E-state index contributed by atoms with van der Waals surface area (Å²) in [6.45, 7) is 0. The summed E-state index contributed by atoms with van der Waals surface area (Å²) in [5, 5.41) is 14.9. The van der Waals surface area contributed by atoms with Gasteiger partial charge in [-0.25, -0.2) is 5.43 Å². The Labute approximate surface area is 159 Å². The number of rotatable bonds is 7. The van der Waals surface area contributed by atoms with Crippen molar-refractivity contribution in [2.45, 2.75) is 0 Å². The number of carbonyl (C=O) groups is 1. The average molecular weight is 394 g/mol. The molecule has 0 heterocycles. The third-order valence-corrected chi connectivity index (χ3v) is 3.83. The Morgan fingerprint density at radius 2 is 1.78 bits per heavy atom. The molecule has 142 valence electrons. The number of benzene rings is 2. The molecular weight excluding hydrogens is 378 g/mol. The number of nitrogens with one attached hydrogen (secondary N) is 1. The fourth-order valence-corrected chi connectivity index (χ4v) is 2.35. The molecule has 0 atom stereocenters. The number of ether oxygens (including phenoxy) is 3. The second-order valence-corrected chi connectivity index (χ2v) is 5.48. The lowest BCUT2D eigenvalue weighted by molar-refractivity contribution is -0.384. The van der Waals surface area contributed by atoms with E-state index in [-0.39, 0.29) is 21.8 Å². The van der Waals surface area contributed by atoms with Crippen LogP contribution in [0.1, 0.15) is 15.9 Å². The first-order chi connectivity index (χ1) is 12.9. The predicted octanol–water partition coefficient (Wildman–Crippen LogP) is 3.04. The molecule has 1 amide bonds. The molecule has 9 nitrogen and oxygen atoms in total. The molecule has 2 rings (SSSR count). The Hall–Kier alpha value is -3.33. The van der Waals surface area contributed by atoms with Gasteiger partial charge >= 0.3 is 0 Å². The van der Waals surface area contributed by atoms with Gasteiger partial charge in [0.25, 0.3) is 11.6 Å². The zero-order chi connectivity index (χ0) is 20.0. The fraction of sp³-hybridized carbons (Fsp3) is 0.176. The van der Waals surface area contributed by atoms with Crippen molar-refractivity contribution in [3.05, 3.63) is 56.6 Å². The monoisotopic (exact) mass is 393 g/mol. The summed E-state index contributed by atoms with van der Waals surface area (Å²) in [6, 6.07) is 6.83. The van der Waals surface area contributed by atoms with E-state index in [1.807, 2.05) is 0 Å². The van der Waals surface area contributed by atoms with Crippen LogP contribution >= 0.6 is 11.6 Å². The van der Waals surface area contributed by atoms with E-state index in [1.54, 1.807) is 0 Å². The second kappa shape index (κ2) is 8.86. The Balaban J connectivity index is 2.22. The minimum absolute atomic E-state index is 0.142. The minimum Gasteiger partial charge on any atom is -0.493 e. The summed E-state index contributed by atoms with van der Waals surface area (Å²) in [5.74, 6) is 0.427. The van der Waals surface area contributed by atoms with Crippen molar-refractivity contribution in [2.75, 3.05) is 21.3 Å². The molecule has 0 aromatic heterocycles. The molecule has 0 fully saturated rings. The van der Waals surface area contributed by atoms with Gasteiger partial charge in [-0.1, -0.05) is 11.6 Å². The van der Waals surface area contributed by atoms with Crippen molar-refractivity contribution in [1.29, 1.82) is 0 Å². The number of hydrogen-bond acceptors (Lipinski definition) is 7. The number of hydrogen-bond donors (Lipinski definition) is 1. The van der Waals surface area contributed by atoms with E-state index in [2.05, 4.69) is 10.5 Å². The van der Waals surface area contributed by atoms with E-state index in [1.165, 1.54) is 57.9 Å². The molecule has 0 spiro atoms. The van der Waals surface area contributed by atoms with Crippen molar-refractivity contribution in [2.24, 2.45) is 5.10 Å². The van der Waals surface area contributed by atoms with Gasteiger partial charge in [0, 0.05) is 28.3 Å². The summed E-state index contributed by atoms with van der Waals surface area (Å²) in [6.07, 6.45) is 1.21. The predicted molar refractivity (Wildman–Crippen MR) is 99.3 cm³/mol. The van der Waals surface area contributed by atoms with Crippen LogP contribution in [0.3, 0.4) is 0 Å². The number of nitro groups is 1. The van der Waals surface area contributed by atoms with Crippen LogP contribution in [0.15, 0.2) is 35.4 Å². The molecule has 0 aliphatic heterocycles. The van der Waals surface area contributed by atoms with Gasteiger partial charge in [-0.2, -0.15) is 5.10 Å². The zero-order valence-corrected chi connectivity index (χ0v) is 15.4. The lowest BCUT2D eigenvalue weighted by atomic mass is 10.1. The smallest absolute Gasteiger partial charge is 0.271 e. The van der Waals surface area contributed by atoms with Gasteiger partial charge in [-0.15, -0.1) is 0 Å². The SMILES string of the molecule is COc1cc(C(=O)N/N=C/c2cc([N+](=O)[O-])ccc2Cl)cc(OC)c1OC. The molecule has 2 aromatic carbocycles. The van der Waals surface area contributed by atoms with Crippen molar-refractivity contribution >= 4 is 29.4 Å². The second-order valence-electron chi connectivity index (χ2n) is 5.08. The molecule has 10 heteroatoms. The van der Waals surface area contributed by atoms with Gasteiger partial charge in [0.05, 0.1) is 32.5 Å². The largest absolute Gasteiger partial charge is 0.493 e. The quantitative estimate of drug-likeness (QED) is 0.439. The fourth-order valence-electron chi connectivity index (χ4n) is 2.18. The van der Waals surface area contributed by atoms with Crippen molar-refractivity contribution in [3.63, 3.8) is 0 Å². The molecular formula is C17H16ClN3O6. The molecule has 0 radical (unpaired) electrons.